The van der Waals surface area contributed by atoms with E-state index in [0.717, 1.165) is 60.0 Å². The van der Waals surface area contributed by atoms with Crippen molar-refractivity contribution in [2.45, 2.75) is 19.9 Å². The maximum atomic E-state index is 13.9. The zero-order chi connectivity index (χ0) is 17.2. The third-order valence-electron chi connectivity index (χ3n) is 4.66. The van der Waals surface area contributed by atoms with Crippen LogP contribution in [0.5, 0.6) is 0 Å². The molecule has 4 rings (SSSR count). The minimum absolute atomic E-state index is 0.116. The first-order valence-electron chi connectivity index (χ1n) is 8.63. The van der Waals surface area contributed by atoms with E-state index in [9.17, 15) is 4.39 Å². The SMILES string of the molecule is Cc1nc(N2CCCN(Cc3ccccc3F)CC2)c2ccsc2n1. The Balaban J connectivity index is 1.51. The molecular weight excluding hydrogens is 335 g/mol. The molecule has 1 aromatic carbocycles. The zero-order valence-electron chi connectivity index (χ0n) is 14.3. The van der Waals surface area contributed by atoms with Crippen LogP contribution in [0.1, 0.15) is 17.8 Å². The van der Waals surface area contributed by atoms with E-state index in [0.29, 0.717) is 6.54 Å². The van der Waals surface area contributed by atoms with Crippen LogP contribution in [0.25, 0.3) is 10.2 Å². The number of fused-ring (bicyclic) bond motifs is 1. The smallest absolute Gasteiger partial charge is 0.141 e. The van der Waals surface area contributed by atoms with Gasteiger partial charge in [0, 0.05) is 38.3 Å². The molecule has 0 spiro atoms. The fourth-order valence-electron chi connectivity index (χ4n) is 3.39. The summed E-state index contributed by atoms with van der Waals surface area (Å²) in [6, 6.07) is 9.17. The summed E-state index contributed by atoms with van der Waals surface area (Å²) in [6.45, 7) is 6.36. The molecule has 0 N–H and O–H groups in total. The second-order valence-corrected chi connectivity index (χ2v) is 7.34. The van der Waals surface area contributed by atoms with Gasteiger partial charge in [0.1, 0.15) is 22.3 Å². The van der Waals surface area contributed by atoms with Crippen molar-refractivity contribution in [1.29, 1.82) is 0 Å². The number of aryl methyl sites for hydroxylation is 1. The topological polar surface area (TPSA) is 32.3 Å². The van der Waals surface area contributed by atoms with Crippen molar-refractivity contribution in [1.82, 2.24) is 14.9 Å². The molecule has 25 heavy (non-hydrogen) atoms. The molecule has 0 amide bonds. The van der Waals surface area contributed by atoms with Crippen molar-refractivity contribution in [2.75, 3.05) is 31.1 Å². The van der Waals surface area contributed by atoms with Crippen LogP contribution in [0.3, 0.4) is 0 Å². The lowest BCUT2D eigenvalue weighted by Gasteiger charge is -2.23. The van der Waals surface area contributed by atoms with E-state index in [4.69, 9.17) is 4.98 Å². The van der Waals surface area contributed by atoms with Gasteiger partial charge in [-0.15, -0.1) is 11.3 Å². The number of halogens is 1. The normalized spacial score (nSPS) is 16.3. The van der Waals surface area contributed by atoms with Crippen molar-refractivity contribution in [3.8, 4) is 0 Å². The number of hydrogen-bond acceptors (Lipinski definition) is 5. The lowest BCUT2D eigenvalue weighted by Crippen LogP contribution is -2.31. The Labute approximate surface area is 150 Å². The minimum atomic E-state index is -0.116. The maximum absolute atomic E-state index is 13.9. The second-order valence-electron chi connectivity index (χ2n) is 6.44. The zero-order valence-corrected chi connectivity index (χ0v) is 15.1. The largest absolute Gasteiger partial charge is 0.355 e. The van der Waals surface area contributed by atoms with E-state index in [1.165, 1.54) is 6.07 Å². The average molecular weight is 356 g/mol. The molecule has 0 aliphatic carbocycles. The van der Waals surface area contributed by atoms with Gasteiger partial charge in [-0.3, -0.25) is 4.90 Å². The lowest BCUT2D eigenvalue weighted by atomic mass is 10.2. The molecule has 1 fully saturated rings. The first-order chi connectivity index (χ1) is 12.2. The molecule has 3 heterocycles. The first kappa shape index (κ1) is 16.4. The summed E-state index contributed by atoms with van der Waals surface area (Å²) in [5.74, 6) is 1.74. The molecule has 1 aliphatic heterocycles. The molecular formula is C19H21FN4S. The molecule has 0 atom stereocenters. The van der Waals surface area contributed by atoms with Crippen LogP contribution in [0.4, 0.5) is 10.2 Å². The van der Waals surface area contributed by atoms with E-state index < -0.39 is 0 Å². The molecule has 130 valence electrons. The van der Waals surface area contributed by atoms with Gasteiger partial charge in [-0.1, -0.05) is 18.2 Å². The highest BCUT2D eigenvalue weighted by Crippen LogP contribution is 2.28. The number of nitrogens with zero attached hydrogens (tertiary/aromatic N) is 4. The van der Waals surface area contributed by atoms with Gasteiger partial charge < -0.3 is 4.90 Å². The van der Waals surface area contributed by atoms with Crippen molar-refractivity contribution in [2.24, 2.45) is 0 Å². The molecule has 2 aromatic heterocycles. The van der Waals surface area contributed by atoms with Crippen molar-refractivity contribution >= 4 is 27.4 Å². The van der Waals surface area contributed by atoms with Crippen LogP contribution in [-0.4, -0.2) is 41.0 Å². The molecule has 4 nitrogen and oxygen atoms in total. The highest BCUT2D eigenvalue weighted by molar-refractivity contribution is 7.16. The van der Waals surface area contributed by atoms with Crippen LogP contribution in [0.15, 0.2) is 35.7 Å². The fraction of sp³-hybridized carbons (Fsp3) is 0.368. The van der Waals surface area contributed by atoms with Gasteiger partial charge in [0.25, 0.3) is 0 Å². The van der Waals surface area contributed by atoms with E-state index in [1.54, 1.807) is 17.4 Å². The summed E-state index contributed by atoms with van der Waals surface area (Å²) in [4.78, 5) is 15.0. The molecule has 0 bridgehead atoms. The van der Waals surface area contributed by atoms with E-state index in [-0.39, 0.29) is 5.82 Å². The van der Waals surface area contributed by atoms with Gasteiger partial charge in [0.15, 0.2) is 0 Å². The highest BCUT2D eigenvalue weighted by Gasteiger charge is 2.19. The van der Waals surface area contributed by atoms with E-state index in [2.05, 4.69) is 26.2 Å². The Morgan fingerprint density at radius 2 is 1.96 bits per heavy atom. The third kappa shape index (κ3) is 3.50. The summed E-state index contributed by atoms with van der Waals surface area (Å²) in [6.07, 6.45) is 1.04. The van der Waals surface area contributed by atoms with Gasteiger partial charge >= 0.3 is 0 Å². The maximum Gasteiger partial charge on any atom is 0.141 e. The summed E-state index contributed by atoms with van der Waals surface area (Å²) in [5, 5.41) is 3.21. The average Bonchev–Trinajstić information content (AvgIpc) is 2.94. The molecule has 1 aliphatic rings. The molecule has 1 saturated heterocycles. The summed E-state index contributed by atoms with van der Waals surface area (Å²) < 4.78 is 13.9. The van der Waals surface area contributed by atoms with Crippen LogP contribution < -0.4 is 4.90 Å². The summed E-state index contributed by atoms with van der Waals surface area (Å²) in [7, 11) is 0. The Bertz CT molecular complexity index is 879. The summed E-state index contributed by atoms with van der Waals surface area (Å²) >= 11 is 1.66. The van der Waals surface area contributed by atoms with Crippen LogP contribution in [0, 0.1) is 12.7 Å². The third-order valence-corrected chi connectivity index (χ3v) is 5.46. The van der Waals surface area contributed by atoms with Gasteiger partial charge in [0.2, 0.25) is 0 Å². The molecule has 0 radical (unpaired) electrons. The predicted octanol–water partition coefficient (Wildman–Crippen LogP) is 3.85. The predicted molar refractivity (Wildman–Crippen MR) is 101 cm³/mol. The Morgan fingerprint density at radius 1 is 1.08 bits per heavy atom. The first-order valence-corrected chi connectivity index (χ1v) is 9.51. The van der Waals surface area contributed by atoms with Crippen molar-refractivity contribution in [3.05, 3.63) is 52.9 Å². The fourth-order valence-corrected chi connectivity index (χ4v) is 4.20. The van der Waals surface area contributed by atoms with Gasteiger partial charge in [-0.2, -0.15) is 0 Å². The Kier molecular flexibility index (Phi) is 4.63. The molecule has 0 unspecified atom stereocenters. The quantitative estimate of drug-likeness (QED) is 0.713. The van der Waals surface area contributed by atoms with E-state index >= 15 is 0 Å². The molecule has 3 aromatic rings. The second kappa shape index (κ2) is 7.06. The number of aromatic nitrogens is 2. The minimum Gasteiger partial charge on any atom is -0.355 e. The number of anilines is 1. The van der Waals surface area contributed by atoms with Crippen molar-refractivity contribution in [3.63, 3.8) is 0 Å². The number of benzene rings is 1. The number of hydrogen-bond donors (Lipinski definition) is 0. The van der Waals surface area contributed by atoms with Gasteiger partial charge in [-0.25, -0.2) is 14.4 Å². The van der Waals surface area contributed by atoms with Gasteiger partial charge in [0.05, 0.1) is 5.39 Å². The van der Waals surface area contributed by atoms with Crippen LogP contribution >= 0.6 is 11.3 Å². The van der Waals surface area contributed by atoms with Gasteiger partial charge in [-0.05, 0) is 30.9 Å². The van der Waals surface area contributed by atoms with E-state index in [1.807, 2.05) is 19.1 Å². The Morgan fingerprint density at radius 3 is 2.84 bits per heavy atom. The Hall–Kier alpha value is -2.05. The van der Waals surface area contributed by atoms with Crippen molar-refractivity contribution < 1.29 is 4.39 Å². The monoisotopic (exact) mass is 356 g/mol. The van der Waals surface area contributed by atoms with Crippen LogP contribution in [0.2, 0.25) is 0 Å². The van der Waals surface area contributed by atoms with Crippen LogP contribution in [-0.2, 0) is 6.54 Å². The highest BCUT2D eigenvalue weighted by atomic mass is 32.1. The lowest BCUT2D eigenvalue weighted by molar-refractivity contribution is 0.281. The summed E-state index contributed by atoms with van der Waals surface area (Å²) in [5.41, 5.74) is 0.772. The molecule has 6 heteroatoms. The standard InChI is InChI=1S/C19H21FN4S/c1-14-21-18(16-7-12-25-19(16)22-14)24-9-4-8-23(10-11-24)13-15-5-2-3-6-17(15)20/h2-3,5-7,12H,4,8-11,13H2,1H3. The number of rotatable bonds is 3. The number of thiophene rings is 1. The molecule has 0 saturated carbocycles.